The molecule has 1 unspecified atom stereocenters. The molecular formula is C12H21NO2. The molecule has 0 aromatic rings. The Kier molecular flexibility index (Phi) is 3.29. The monoisotopic (exact) mass is 211 g/mol. The fourth-order valence-electron chi connectivity index (χ4n) is 2.34. The minimum absolute atomic E-state index is 0.152. The summed E-state index contributed by atoms with van der Waals surface area (Å²) >= 11 is 0. The summed E-state index contributed by atoms with van der Waals surface area (Å²) < 4.78 is 4.70. The Morgan fingerprint density at radius 1 is 1.33 bits per heavy atom. The summed E-state index contributed by atoms with van der Waals surface area (Å²) in [4.78, 5) is 11.2. The molecule has 2 aliphatic rings. The van der Waals surface area contributed by atoms with Crippen molar-refractivity contribution in [1.82, 2.24) is 5.32 Å². The van der Waals surface area contributed by atoms with Crippen molar-refractivity contribution >= 4 is 5.97 Å². The van der Waals surface area contributed by atoms with Crippen molar-refractivity contribution in [3.8, 4) is 0 Å². The Morgan fingerprint density at radius 3 is 2.27 bits per heavy atom. The first kappa shape index (κ1) is 10.9. The molecule has 2 fully saturated rings. The SMILES string of the molecule is COC(=O)C(C)NCC(C1CC1)C1CC1. The molecule has 0 heterocycles. The first-order valence-corrected chi connectivity index (χ1v) is 6.03. The molecule has 1 atom stereocenters. The fourth-order valence-corrected chi connectivity index (χ4v) is 2.34. The second-order valence-corrected chi connectivity index (χ2v) is 4.99. The molecule has 2 rings (SSSR count). The molecule has 86 valence electrons. The summed E-state index contributed by atoms with van der Waals surface area (Å²) in [5.41, 5.74) is 0. The molecule has 0 bridgehead atoms. The third-order valence-electron chi connectivity index (χ3n) is 3.67. The van der Waals surface area contributed by atoms with E-state index in [4.69, 9.17) is 4.74 Å². The standard InChI is InChI=1S/C12H21NO2/c1-8(12(14)15-2)13-7-11(9-3-4-9)10-5-6-10/h8-11,13H,3-7H2,1-2H3. The number of hydrogen-bond acceptors (Lipinski definition) is 3. The molecule has 0 aromatic heterocycles. The van der Waals surface area contributed by atoms with E-state index in [0.29, 0.717) is 0 Å². The van der Waals surface area contributed by atoms with E-state index < -0.39 is 0 Å². The predicted octanol–water partition coefficient (Wildman–Crippen LogP) is 1.57. The zero-order chi connectivity index (χ0) is 10.8. The highest BCUT2D eigenvalue weighted by Gasteiger charge is 2.41. The Morgan fingerprint density at radius 2 is 1.87 bits per heavy atom. The minimum Gasteiger partial charge on any atom is -0.468 e. The Hall–Kier alpha value is -0.570. The van der Waals surface area contributed by atoms with E-state index in [-0.39, 0.29) is 12.0 Å². The van der Waals surface area contributed by atoms with Gasteiger partial charge in [-0.25, -0.2) is 0 Å². The summed E-state index contributed by atoms with van der Waals surface area (Å²) in [6, 6.07) is -0.157. The van der Waals surface area contributed by atoms with Gasteiger partial charge in [-0.1, -0.05) is 0 Å². The van der Waals surface area contributed by atoms with E-state index in [1.165, 1.54) is 32.8 Å². The van der Waals surface area contributed by atoms with Crippen molar-refractivity contribution in [2.24, 2.45) is 17.8 Å². The number of esters is 1. The minimum atomic E-state index is -0.157. The van der Waals surface area contributed by atoms with Gasteiger partial charge in [0.1, 0.15) is 6.04 Å². The third kappa shape index (κ3) is 2.94. The number of methoxy groups -OCH3 is 1. The Balaban J connectivity index is 1.72. The first-order chi connectivity index (χ1) is 7.22. The van der Waals surface area contributed by atoms with Gasteiger partial charge in [-0.2, -0.15) is 0 Å². The largest absolute Gasteiger partial charge is 0.468 e. The van der Waals surface area contributed by atoms with Crippen LogP contribution in [0.1, 0.15) is 32.6 Å². The number of carbonyl (C=O) groups is 1. The molecule has 0 saturated heterocycles. The molecule has 3 heteroatoms. The maximum atomic E-state index is 11.2. The van der Waals surface area contributed by atoms with Gasteiger partial charge in [0.2, 0.25) is 0 Å². The van der Waals surface area contributed by atoms with E-state index >= 15 is 0 Å². The highest BCUT2D eigenvalue weighted by atomic mass is 16.5. The summed E-state index contributed by atoms with van der Waals surface area (Å²) in [6.07, 6.45) is 5.59. The normalized spacial score (nSPS) is 22.9. The predicted molar refractivity (Wildman–Crippen MR) is 58.4 cm³/mol. The third-order valence-corrected chi connectivity index (χ3v) is 3.67. The van der Waals surface area contributed by atoms with Crippen LogP contribution in [-0.2, 0) is 9.53 Å². The van der Waals surface area contributed by atoms with Crippen LogP contribution < -0.4 is 5.32 Å². The van der Waals surface area contributed by atoms with Gasteiger partial charge < -0.3 is 10.1 Å². The van der Waals surface area contributed by atoms with Crippen LogP contribution >= 0.6 is 0 Å². The van der Waals surface area contributed by atoms with Gasteiger partial charge in [0, 0.05) is 0 Å². The molecule has 0 spiro atoms. The van der Waals surface area contributed by atoms with Crippen molar-refractivity contribution in [1.29, 1.82) is 0 Å². The summed E-state index contributed by atoms with van der Waals surface area (Å²) in [5, 5.41) is 3.30. The van der Waals surface area contributed by atoms with Crippen LogP contribution in [-0.4, -0.2) is 25.7 Å². The van der Waals surface area contributed by atoms with Gasteiger partial charge in [-0.05, 0) is 56.9 Å². The van der Waals surface area contributed by atoms with E-state index in [9.17, 15) is 4.79 Å². The van der Waals surface area contributed by atoms with Crippen LogP contribution in [0.25, 0.3) is 0 Å². The lowest BCUT2D eigenvalue weighted by molar-refractivity contribution is -0.142. The lowest BCUT2D eigenvalue weighted by Crippen LogP contribution is -2.38. The number of hydrogen-bond donors (Lipinski definition) is 1. The molecule has 0 radical (unpaired) electrons. The fraction of sp³-hybridized carbons (Fsp3) is 0.917. The maximum absolute atomic E-state index is 11.2. The molecule has 3 nitrogen and oxygen atoms in total. The van der Waals surface area contributed by atoms with Crippen LogP contribution in [0.3, 0.4) is 0 Å². The van der Waals surface area contributed by atoms with E-state index in [0.717, 1.165) is 24.3 Å². The van der Waals surface area contributed by atoms with Gasteiger partial charge in [0.05, 0.1) is 7.11 Å². The highest BCUT2D eigenvalue weighted by Crippen LogP contribution is 2.48. The summed E-state index contributed by atoms with van der Waals surface area (Å²) in [7, 11) is 1.44. The van der Waals surface area contributed by atoms with E-state index in [1.807, 2.05) is 6.92 Å². The van der Waals surface area contributed by atoms with Crippen molar-refractivity contribution < 1.29 is 9.53 Å². The maximum Gasteiger partial charge on any atom is 0.322 e. The number of rotatable bonds is 6. The lowest BCUT2D eigenvalue weighted by Gasteiger charge is -2.18. The molecule has 0 amide bonds. The second-order valence-electron chi connectivity index (χ2n) is 4.99. The average molecular weight is 211 g/mol. The van der Waals surface area contributed by atoms with Crippen molar-refractivity contribution in [2.75, 3.05) is 13.7 Å². The summed E-state index contributed by atoms with van der Waals surface area (Å²) in [6.45, 7) is 2.87. The Bertz CT molecular complexity index is 222. The molecule has 0 aliphatic heterocycles. The second kappa shape index (κ2) is 4.52. The molecule has 2 aliphatic carbocycles. The zero-order valence-corrected chi connectivity index (χ0v) is 9.66. The first-order valence-electron chi connectivity index (χ1n) is 6.03. The van der Waals surface area contributed by atoms with Crippen molar-refractivity contribution in [3.05, 3.63) is 0 Å². The van der Waals surface area contributed by atoms with Crippen molar-refractivity contribution in [2.45, 2.75) is 38.6 Å². The Labute approximate surface area is 91.6 Å². The lowest BCUT2D eigenvalue weighted by atomic mass is 9.97. The quantitative estimate of drug-likeness (QED) is 0.678. The zero-order valence-electron chi connectivity index (χ0n) is 9.66. The van der Waals surface area contributed by atoms with Crippen LogP contribution in [0, 0.1) is 17.8 Å². The molecule has 15 heavy (non-hydrogen) atoms. The van der Waals surface area contributed by atoms with Crippen LogP contribution in [0.15, 0.2) is 0 Å². The molecule has 1 N–H and O–H groups in total. The number of ether oxygens (including phenoxy) is 1. The topological polar surface area (TPSA) is 38.3 Å². The average Bonchev–Trinajstić information content (AvgIpc) is 3.07. The van der Waals surface area contributed by atoms with E-state index in [2.05, 4.69) is 5.32 Å². The van der Waals surface area contributed by atoms with Crippen LogP contribution in [0.2, 0.25) is 0 Å². The van der Waals surface area contributed by atoms with Crippen LogP contribution in [0.4, 0.5) is 0 Å². The van der Waals surface area contributed by atoms with Crippen LogP contribution in [0.5, 0.6) is 0 Å². The number of carbonyl (C=O) groups excluding carboxylic acids is 1. The molecule has 0 aromatic carbocycles. The summed E-state index contributed by atoms with van der Waals surface area (Å²) in [5.74, 6) is 2.54. The number of nitrogens with one attached hydrogen (secondary N) is 1. The molecule has 2 saturated carbocycles. The highest BCUT2D eigenvalue weighted by molar-refractivity contribution is 5.75. The van der Waals surface area contributed by atoms with Gasteiger partial charge in [-0.3, -0.25) is 4.79 Å². The van der Waals surface area contributed by atoms with Crippen molar-refractivity contribution in [3.63, 3.8) is 0 Å². The van der Waals surface area contributed by atoms with Gasteiger partial charge in [-0.15, -0.1) is 0 Å². The van der Waals surface area contributed by atoms with E-state index in [1.54, 1.807) is 0 Å². The van der Waals surface area contributed by atoms with Gasteiger partial charge in [0.15, 0.2) is 0 Å². The van der Waals surface area contributed by atoms with Gasteiger partial charge in [0.25, 0.3) is 0 Å². The molecular weight excluding hydrogens is 190 g/mol. The smallest absolute Gasteiger partial charge is 0.322 e. The van der Waals surface area contributed by atoms with Gasteiger partial charge >= 0.3 is 5.97 Å².